The molecule has 0 aliphatic heterocycles. The van der Waals surface area contributed by atoms with E-state index >= 15 is 0 Å². The molecule has 1 heterocycles. The molecule has 4 heteroatoms. The quantitative estimate of drug-likeness (QED) is 0.697. The van der Waals surface area contributed by atoms with E-state index in [9.17, 15) is 9.90 Å². The molecule has 0 aromatic carbocycles. The van der Waals surface area contributed by atoms with E-state index in [1.165, 1.54) is 13.3 Å². The first-order chi connectivity index (χ1) is 7.06. The fourth-order valence-electron chi connectivity index (χ4n) is 1.66. The molecule has 0 bridgehead atoms. The predicted octanol–water partition coefficient (Wildman–Crippen LogP) is 1.10. The fourth-order valence-corrected chi connectivity index (χ4v) is 1.66. The van der Waals surface area contributed by atoms with Crippen LogP contribution in [-0.2, 0) is 10.3 Å². The molecule has 0 amide bonds. The summed E-state index contributed by atoms with van der Waals surface area (Å²) in [6.07, 6.45) is 6.34. The van der Waals surface area contributed by atoms with Gasteiger partial charge < -0.3 is 9.84 Å². The summed E-state index contributed by atoms with van der Waals surface area (Å²) in [6.45, 7) is 1.65. The number of methoxy groups -OCH3 is 1. The van der Waals surface area contributed by atoms with Gasteiger partial charge in [0.05, 0.1) is 12.7 Å². The van der Waals surface area contributed by atoms with Crippen LogP contribution in [0.1, 0.15) is 28.4 Å². The molecule has 78 valence electrons. The Morgan fingerprint density at radius 2 is 2.27 bits per heavy atom. The van der Waals surface area contributed by atoms with Gasteiger partial charge in [0.15, 0.2) is 0 Å². The van der Waals surface area contributed by atoms with Crippen molar-refractivity contribution in [3.63, 3.8) is 0 Å². The molecule has 15 heavy (non-hydrogen) atoms. The first-order valence-electron chi connectivity index (χ1n) is 4.54. The third-order valence-corrected chi connectivity index (χ3v) is 2.51. The highest BCUT2D eigenvalue weighted by Gasteiger charge is 2.30. The molecule has 2 rings (SSSR count). The Balaban J connectivity index is 2.59. The average Bonchev–Trinajstić information content (AvgIpc) is 2.54. The number of fused-ring (bicyclic) bond motifs is 1. The van der Waals surface area contributed by atoms with Crippen molar-refractivity contribution >= 4 is 12.0 Å². The molecule has 1 aromatic rings. The molecular formula is C11H11NO3. The molecule has 0 fully saturated rings. The second-order valence-electron chi connectivity index (χ2n) is 3.62. The summed E-state index contributed by atoms with van der Waals surface area (Å²) in [5.41, 5.74) is 0.642. The SMILES string of the molecule is COC(=O)c1cncc2c1C=C[C@@]2(C)O. The first kappa shape index (κ1) is 9.86. The normalized spacial score (nSPS) is 22.6. The lowest BCUT2D eigenvalue weighted by Crippen LogP contribution is -2.17. The van der Waals surface area contributed by atoms with E-state index in [0.717, 1.165) is 0 Å². The van der Waals surface area contributed by atoms with Crippen LogP contribution in [0.5, 0.6) is 0 Å². The number of aromatic nitrogens is 1. The molecule has 0 radical (unpaired) electrons. The molecule has 1 aliphatic rings. The van der Waals surface area contributed by atoms with Crippen molar-refractivity contribution in [3.8, 4) is 0 Å². The minimum absolute atomic E-state index is 0.379. The number of aliphatic hydroxyl groups is 1. The van der Waals surface area contributed by atoms with Crippen LogP contribution in [0.15, 0.2) is 18.5 Å². The van der Waals surface area contributed by atoms with Crippen molar-refractivity contribution in [2.24, 2.45) is 0 Å². The predicted molar refractivity (Wildman–Crippen MR) is 54.2 cm³/mol. The summed E-state index contributed by atoms with van der Waals surface area (Å²) >= 11 is 0. The van der Waals surface area contributed by atoms with E-state index in [1.54, 1.807) is 25.3 Å². The Labute approximate surface area is 87.2 Å². The summed E-state index contributed by atoms with van der Waals surface area (Å²) in [4.78, 5) is 15.3. The topological polar surface area (TPSA) is 59.4 Å². The van der Waals surface area contributed by atoms with Crippen molar-refractivity contribution in [1.29, 1.82) is 0 Å². The van der Waals surface area contributed by atoms with E-state index < -0.39 is 11.6 Å². The van der Waals surface area contributed by atoms with E-state index in [-0.39, 0.29) is 0 Å². The van der Waals surface area contributed by atoms with Crippen LogP contribution in [0.2, 0.25) is 0 Å². The maximum absolute atomic E-state index is 11.4. The van der Waals surface area contributed by atoms with Gasteiger partial charge in [-0.15, -0.1) is 0 Å². The number of carbonyl (C=O) groups is 1. The zero-order valence-electron chi connectivity index (χ0n) is 8.52. The molecule has 1 aromatic heterocycles. The Bertz CT molecular complexity index is 449. The van der Waals surface area contributed by atoms with Crippen LogP contribution in [0.25, 0.3) is 6.08 Å². The summed E-state index contributed by atoms with van der Waals surface area (Å²) in [7, 11) is 1.32. The van der Waals surface area contributed by atoms with E-state index in [2.05, 4.69) is 9.72 Å². The van der Waals surface area contributed by atoms with Crippen molar-refractivity contribution in [3.05, 3.63) is 35.2 Å². The summed E-state index contributed by atoms with van der Waals surface area (Å²) in [6, 6.07) is 0. The highest BCUT2D eigenvalue weighted by Crippen LogP contribution is 2.34. The third kappa shape index (κ3) is 1.43. The van der Waals surface area contributed by atoms with E-state index in [1.807, 2.05) is 0 Å². The summed E-state index contributed by atoms with van der Waals surface area (Å²) < 4.78 is 4.64. The molecule has 0 unspecified atom stereocenters. The molecule has 0 spiro atoms. The lowest BCUT2D eigenvalue weighted by molar-refractivity contribution is 0.0599. The number of esters is 1. The molecule has 0 saturated carbocycles. The van der Waals surface area contributed by atoms with E-state index in [0.29, 0.717) is 16.7 Å². The van der Waals surface area contributed by atoms with Crippen LogP contribution in [-0.4, -0.2) is 23.2 Å². The molecule has 1 aliphatic carbocycles. The van der Waals surface area contributed by atoms with Gasteiger partial charge in [-0.1, -0.05) is 6.08 Å². The average molecular weight is 205 g/mol. The Kier molecular flexibility index (Phi) is 2.08. The Hall–Kier alpha value is -1.68. The molecule has 4 nitrogen and oxygen atoms in total. The van der Waals surface area contributed by atoms with Crippen molar-refractivity contribution < 1.29 is 14.6 Å². The zero-order valence-corrected chi connectivity index (χ0v) is 8.52. The van der Waals surface area contributed by atoms with Gasteiger partial charge >= 0.3 is 5.97 Å². The second kappa shape index (κ2) is 3.17. The van der Waals surface area contributed by atoms with Crippen molar-refractivity contribution in [2.45, 2.75) is 12.5 Å². The second-order valence-corrected chi connectivity index (χ2v) is 3.62. The number of nitrogens with zero attached hydrogens (tertiary/aromatic N) is 1. The van der Waals surface area contributed by atoms with Gasteiger partial charge in [-0.3, -0.25) is 4.98 Å². The molecular weight excluding hydrogens is 194 g/mol. The van der Waals surface area contributed by atoms with Gasteiger partial charge in [0.1, 0.15) is 5.60 Å². The minimum atomic E-state index is -1.05. The lowest BCUT2D eigenvalue weighted by atomic mass is 9.98. The van der Waals surface area contributed by atoms with Gasteiger partial charge in [0.2, 0.25) is 0 Å². The molecule has 1 atom stereocenters. The lowest BCUT2D eigenvalue weighted by Gasteiger charge is -2.16. The van der Waals surface area contributed by atoms with Gasteiger partial charge in [-0.2, -0.15) is 0 Å². The van der Waals surface area contributed by atoms with Crippen molar-refractivity contribution in [1.82, 2.24) is 4.98 Å². The number of hydrogen-bond donors (Lipinski definition) is 1. The third-order valence-electron chi connectivity index (χ3n) is 2.51. The first-order valence-corrected chi connectivity index (χ1v) is 4.54. The van der Waals surface area contributed by atoms with Gasteiger partial charge in [-0.25, -0.2) is 4.79 Å². The summed E-state index contributed by atoms with van der Waals surface area (Å²) in [5.74, 6) is -0.443. The van der Waals surface area contributed by atoms with Crippen molar-refractivity contribution in [2.75, 3.05) is 7.11 Å². The maximum Gasteiger partial charge on any atom is 0.340 e. The number of pyridine rings is 1. The highest BCUT2D eigenvalue weighted by atomic mass is 16.5. The van der Waals surface area contributed by atoms with Gasteiger partial charge in [-0.05, 0) is 18.6 Å². The van der Waals surface area contributed by atoms with Crippen LogP contribution in [0.4, 0.5) is 0 Å². The fraction of sp³-hybridized carbons (Fsp3) is 0.273. The standard InChI is InChI=1S/C11H11NO3/c1-11(14)4-3-7-8(10(13)15-2)5-12-6-9(7)11/h3-6,14H,1-2H3/t11-/m1/s1. The smallest absolute Gasteiger partial charge is 0.340 e. The van der Waals surface area contributed by atoms with Gasteiger partial charge in [0.25, 0.3) is 0 Å². The Morgan fingerprint density at radius 3 is 2.93 bits per heavy atom. The highest BCUT2D eigenvalue weighted by molar-refractivity contribution is 5.94. The summed E-state index contributed by atoms with van der Waals surface area (Å²) in [5, 5.41) is 9.95. The van der Waals surface area contributed by atoms with Gasteiger partial charge in [0, 0.05) is 18.0 Å². The zero-order chi connectivity index (χ0) is 11.1. The number of rotatable bonds is 1. The van der Waals surface area contributed by atoms with Crippen LogP contribution >= 0.6 is 0 Å². The Morgan fingerprint density at radius 1 is 1.53 bits per heavy atom. The minimum Gasteiger partial charge on any atom is -0.465 e. The van der Waals surface area contributed by atoms with E-state index in [4.69, 9.17) is 0 Å². The number of carbonyl (C=O) groups excluding carboxylic acids is 1. The number of hydrogen-bond acceptors (Lipinski definition) is 4. The molecule has 1 N–H and O–H groups in total. The van der Waals surface area contributed by atoms with Crippen LogP contribution in [0.3, 0.4) is 0 Å². The molecule has 0 saturated heterocycles. The number of ether oxygens (including phenoxy) is 1. The van der Waals surface area contributed by atoms with Crippen LogP contribution in [0, 0.1) is 0 Å². The maximum atomic E-state index is 11.4. The monoisotopic (exact) mass is 205 g/mol. The van der Waals surface area contributed by atoms with Crippen LogP contribution < -0.4 is 0 Å². The largest absolute Gasteiger partial charge is 0.465 e.